The minimum Gasteiger partial charge on any atom is -0.325 e. The zero-order valence-corrected chi connectivity index (χ0v) is 6.70. The molecule has 0 atom stereocenters. The van der Waals surface area contributed by atoms with E-state index in [4.69, 9.17) is 0 Å². The third kappa shape index (κ3) is 1.88. The van der Waals surface area contributed by atoms with E-state index in [0.717, 1.165) is 0 Å². The van der Waals surface area contributed by atoms with Crippen LogP contribution >= 0.6 is 11.3 Å². The van der Waals surface area contributed by atoms with Gasteiger partial charge in [-0.3, -0.25) is 9.59 Å². The first kappa shape index (κ1) is 7.94. The van der Waals surface area contributed by atoms with E-state index in [9.17, 15) is 9.59 Å². The molecule has 1 aromatic rings. The molecular formula is C7H6NO2S. The summed E-state index contributed by atoms with van der Waals surface area (Å²) < 4.78 is 0. The Morgan fingerprint density at radius 1 is 1.73 bits per heavy atom. The third-order valence-electron chi connectivity index (χ3n) is 1.07. The molecule has 0 aromatic carbocycles. The van der Waals surface area contributed by atoms with Crippen LogP contribution in [0, 0.1) is 0 Å². The standard InChI is InChI=1S/C7H6NO2S/c1-5(10)8-6-2-3-11-7(6)4-9/h2-3H,1H3,(H,8,10). The molecule has 11 heavy (non-hydrogen) atoms. The maximum atomic E-state index is 10.5. The molecule has 0 aliphatic heterocycles. The van der Waals surface area contributed by atoms with Crippen molar-refractivity contribution in [3.05, 3.63) is 16.3 Å². The lowest BCUT2D eigenvalue weighted by Gasteiger charge is -1.96. The van der Waals surface area contributed by atoms with Crippen molar-refractivity contribution in [1.29, 1.82) is 0 Å². The van der Waals surface area contributed by atoms with Crippen LogP contribution in [0.4, 0.5) is 5.69 Å². The van der Waals surface area contributed by atoms with Gasteiger partial charge in [0.25, 0.3) is 0 Å². The highest BCUT2D eigenvalue weighted by Crippen LogP contribution is 2.19. The van der Waals surface area contributed by atoms with Crippen molar-refractivity contribution in [2.24, 2.45) is 0 Å². The summed E-state index contributed by atoms with van der Waals surface area (Å²) in [6.45, 7) is 1.40. The summed E-state index contributed by atoms with van der Waals surface area (Å²) in [6, 6.07) is 1.67. The van der Waals surface area contributed by atoms with Gasteiger partial charge in [-0.2, -0.15) is 0 Å². The molecule has 4 heteroatoms. The van der Waals surface area contributed by atoms with Crippen molar-refractivity contribution in [3.8, 4) is 0 Å². The number of thiophene rings is 1. The molecule has 0 aliphatic rings. The molecule has 1 radical (unpaired) electrons. The van der Waals surface area contributed by atoms with E-state index in [1.54, 1.807) is 17.7 Å². The van der Waals surface area contributed by atoms with Gasteiger partial charge in [-0.25, -0.2) is 0 Å². The lowest BCUT2D eigenvalue weighted by molar-refractivity contribution is -0.114. The van der Waals surface area contributed by atoms with Gasteiger partial charge in [0.15, 0.2) is 0 Å². The summed E-state index contributed by atoms with van der Waals surface area (Å²) in [5.41, 5.74) is 0.539. The molecule has 0 aliphatic carbocycles. The molecule has 1 heterocycles. The number of amides is 1. The molecule has 1 aromatic heterocycles. The number of nitrogens with one attached hydrogen (secondary N) is 1. The molecule has 0 unspecified atom stereocenters. The quantitative estimate of drug-likeness (QED) is 0.720. The number of anilines is 1. The topological polar surface area (TPSA) is 46.2 Å². The van der Waals surface area contributed by atoms with Crippen molar-refractivity contribution in [2.75, 3.05) is 5.32 Å². The zero-order chi connectivity index (χ0) is 8.27. The summed E-state index contributed by atoms with van der Waals surface area (Å²) in [4.78, 5) is 21.2. The maximum absolute atomic E-state index is 10.5. The first-order valence-electron chi connectivity index (χ1n) is 2.97. The summed E-state index contributed by atoms with van der Waals surface area (Å²) >= 11 is 1.25. The van der Waals surface area contributed by atoms with Crippen molar-refractivity contribution in [2.45, 2.75) is 6.92 Å². The number of rotatable bonds is 2. The van der Waals surface area contributed by atoms with Crippen LogP contribution in [-0.4, -0.2) is 12.2 Å². The Balaban J connectivity index is 2.84. The zero-order valence-electron chi connectivity index (χ0n) is 5.88. The molecule has 0 bridgehead atoms. The van der Waals surface area contributed by atoms with Crippen molar-refractivity contribution in [3.63, 3.8) is 0 Å². The fourth-order valence-corrected chi connectivity index (χ4v) is 1.31. The fourth-order valence-electron chi connectivity index (χ4n) is 0.676. The van der Waals surface area contributed by atoms with Crippen molar-refractivity contribution >= 4 is 29.2 Å². The van der Waals surface area contributed by atoms with Crippen LogP contribution in [0.2, 0.25) is 0 Å². The van der Waals surface area contributed by atoms with Crippen molar-refractivity contribution in [1.82, 2.24) is 0 Å². The van der Waals surface area contributed by atoms with E-state index in [-0.39, 0.29) is 5.91 Å². The van der Waals surface area contributed by atoms with Gasteiger partial charge in [0.05, 0.1) is 5.69 Å². The van der Waals surface area contributed by atoms with E-state index in [0.29, 0.717) is 10.6 Å². The number of hydrogen-bond acceptors (Lipinski definition) is 3. The summed E-state index contributed by atoms with van der Waals surface area (Å²) in [5, 5.41) is 4.24. The molecule has 0 saturated heterocycles. The molecule has 0 spiro atoms. The van der Waals surface area contributed by atoms with Crippen molar-refractivity contribution < 1.29 is 9.59 Å². The van der Waals surface area contributed by atoms with E-state index >= 15 is 0 Å². The van der Waals surface area contributed by atoms with Crippen LogP contribution in [-0.2, 0) is 9.59 Å². The lowest BCUT2D eigenvalue weighted by atomic mass is 10.4. The monoisotopic (exact) mass is 168 g/mol. The molecule has 3 nitrogen and oxygen atoms in total. The number of hydrogen-bond donors (Lipinski definition) is 1. The maximum Gasteiger partial charge on any atom is 0.246 e. The Labute approximate surface area is 68.0 Å². The lowest BCUT2D eigenvalue weighted by Crippen LogP contribution is -2.05. The summed E-state index contributed by atoms with van der Waals surface area (Å²) in [6.07, 6.45) is 1.73. The van der Waals surface area contributed by atoms with Crippen LogP contribution in [0.1, 0.15) is 11.8 Å². The summed E-state index contributed by atoms with van der Waals surface area (Å²) in [5.74, 6) is -0.181. The Morgan fingerprint density at radius 3 is 3.00 bits per heavy atom. The van der Waals surface area contributed by atoms with Crippen LogP contribution in [0.25, 0.3) is 0 Å². The predicted molar refractivity (Wildman–Crippen MR) is 43.4 cm³/mol. The van der Waals surface area contributed by atoms with E-state index < -0.39 is 0 Å². The highest BCUT2D eigenvalue weighted by atomic mass is 32.1. The number of carbonyl (C=O) groups is 1. The predicted octanol–water partition coefficient (Wildman–Crippen LogP) is 1.16. The molecule has 1 N–H and O–H groups in total. The second-order valence-electron chi connectivity index (χ2n) is 1.95. The first-order chi connectivity index (χ1) is 5.24. The molecular weight excluding hydrogens is 162 g/mol. The fraction of sp³-hybridized carbons (Fsp3) is 0.143. The van der Waals surface area contributed by atoms with Gasteiger partial charge < -0.3 is 5.32 Å². The Hall–Kier alpha value is -1.16. The molecule has 1 amide bonds. The molecule has 0 saturated carbocycles. The Kier molecular flexibility index (Phi) is 2.38. The van der Waals surface area contributed by atoms with Gasteiger partial charge in [0, 0.05) is 6.92 Å². The van der Waals surface area contributed by atoms with Gasteiger partial charge in [0.1, 0.15) is 4.88 Å². The molecule has 1 rings (SSSR count). The van der Waals surface area contributed by atoms with Gasteiger partial charge in [-0.1, -0.05) is 0 Å². The summed E-state index contributed by atoms with van der Waals surface area (Å²) in [7, 11) is 0. The number of carbonyl (C=O) groups excluding carboxylic acids is 2. The van der Waals surface area contributed by atoms with E-state index in [1.165, 1.54) is 18.3 Å². The highest BCUT2D eigenvalue weighted by molar-refractivity contribution is 7.12. The van der Waals surface area contributed by atoms with E-state index in [1.807, 2.05) is 0 Å². The average Bonchev–Trinajstić information content (AvgIpc) is 2.34. The second kappa shape index (κ2) is 3.30. The van der Waals surface area contributed by atoms with Gasteiger partial charge >= 0.3 is 0 Å². The van der Waals surface area contributed by atoms with Gasteiger partial charge in [0.2, 0.25) is 12.2 Å². The smallest absolute Gasteiger partial charge is 0.246 e. The second-order valence-corrected chi connectivity index (χ2v) is 2.86. The molecule has 57 valence electrons. The van der Waals surface area contributed by atoms with Crippen LogP contribution in [0.15, 0.2) is 11.4 Å². The first-order valence-corrected chi connectivity index (χ1v) is 3.85. The average molecular weight is 168 g/mol. The Bertz CT molecular complexity index is 280. The minimum atomic E-state index is -0.181. The minimum absolute atomic E-state index is 0.181. The molecule has 0 fully saturated rings. The highest BCUT2D eigenvalue weighted by Gasteiger charge is 2.03. The van der Waals surface area contributed by atoms with Gasteiger partial charge in [-0.05, 0) is 11.4 Å². The SMILES string of the molecule is CC(=O)Nc1ccsc1[C]=O. The normalized spacial score (nSPS) is 9.18. The van der Waals surface area contributed by atoms with Crippen LogP contribution in [0.3, 0.4) is 0 Å². The van der Waals surface area contributed by atoms with Gasteiger partial charge in [-0.15, -0.1) is 11.3 Å². The Morgan fingerprint density at radius 2 is 2.45 bits per heavy atom. The van der Waals surface area contributed by atoms with Crippen LogP contribution < -0.4 is 5.32 Å². The van der Waals surface area contributed by atoms with Crippen LogP contribution in [0.5, 0.6) is 0 Å². The third-order valence-corrected chi connectivity index (χ3v) is 1.88. The van der Waals surface area contributed by atoms with E-state index in [2.05, 4.69) is 5.32 Å². The largest absolute Gasteiger partial charge is 0.325 e.